The van der Waals surface area contributed by atoms with Crippen molar-refractivity contribution in [3.8, 4) is 29.1 Å². The molecule has 0 radical (unpaired) electrons. The standard InChI is InChI=1S/C40H40N6O7/c1-6-42-36(47)24-44-38(48)40(2,3)53-34-15-11-10-14-33(34)52-29-18-16-28(17-19-29)45-37-27(22-41)23-43-31-21-32(35(50-5)20-30(31)37)46(4)39(49)51-25-26-12-8-7-9-13-26/h7-21,23H,6,24-25H2,1-5H3,(H,42,47)(H,43,45)(H,44,48). The highest BCUT2D eigenvalue weighted by Gasteiger charge is 2.31. The molecule has 3 N–H and O–H groups in total. The Morgan fingerprint density at radius 1 is 0.906 bits per heavy atom. The number of benzene rings is 4. The van der Waals surface area contributed by atoms with E-state index in [0.29, 0.717) is 63.1 Å². The number of para-hydroxylation sites is 2. The zero-order valence-corrected chi connectivity index (χ0v) is 30.1. The Balaban J connectivity index is 1.32. The minimum atomic E-state index is -1.31. The summed E-state index contributed by atoms with van der Waals surface area (Å²) >= 11 is 0. The number of rotatable bonds is 14. The summed E-state index contributed by atoms with van der Waals surface area (Å²) in [5.74, 6) is 0.814. The third kappa shape index (κ3) is 9.30. The summed E-state index contributed by atoms with van der Waals surface area (Å²) in [6.07, 6.45) is 0.891. The SMILES string of the molecule is CCNC(=O)CNC(=O)C(C)(C)Oc1ccccc1Oc1ccc(Nc2c(C#N)cnc3cc(N(C)C(=O)OCc4ccccc4)c(OC)cc23)cc1. The lowest BCUT2D eigenvalue weighted by atomic mass is 10.1. The van der Waals surface area contributed by atoms with Crippen LogP contribution in [0, 0.1) is 11.3 Å². The molecule has 0 aliphatic heterocycles. The van der Waals surface area contributed by atoms with Gasteiger partial charge in [0.05, 0.1) is 36.1 Å². The molecule has 0 aliphatic rings. The number of hydrogen-bond donors (Lipinski definition) is 3. The second-order valence-corrected chi connectivity index (χ2v) is 12.2. The summed E-state index contributed by atoms with van der Waals surface area (Å²) < 4.78 is 23.4. The van der Waals surface area contributed by atoms with Gasteiger partial charge in [0.25, 0.3) is 5.91 Å². The first-order chi connectivity index (χ1) is 25.5. The Kier molecular flexibility index (Phi) is 12.0. The fourth-order valence-corrected chi connectivity index (χ4v) is 5.22. The van der Waals surface area contributed by atoms with Crippen LogP contribution >= 0.6 is 0 Å². The zero-order valence-electron chi connectivity index (χ0n) is 30.1. The highest BCUT2D eigenvalue weighted by molar-refractivity contribution is 6.01. The fourth-order valence-electron chi connectivity index (χ4n) is 5.22. The number of anilines is 3. The first-order valence-electron chi connectivity index (χ1n) is 16.8. The molecule has 0 spiro atoms. The normalized spacial score (nSPS) is 10.8. The summed E-state index contributed by atoms with van der Waals surface area (Å²) in [6, 6.07) is 29.0. The average Bonchev–Trinajstić information content (AvgIpc) is 3.17. The van der Waals surface area contributed by atoms with Crippen molar-refractivity contribution in [1.82, 2.24) is 15.6 Å². The number of amides is 3. The van der Waals surface area contributed by atoms with Gasteiger partial charge in [-0.15, -0.1) is 0 Å². The number of nitriles is 1. The van der Waals surface area contributed by atoms with E-state index in [1.807, 2.05) is 30.3 Å². The third-order valence-corrected chi connectivity index (χ3v) is 8.03. The molecule has 1 aromatic heterocycles. The third-order valence-electron chi connectivity index (χ3n) is 8.03. The van der Waals surface area contributed by atoms with Gasteiger partial charge in [-0.3, -0.25) is 19.5 Å². The monoisotopic (exact) mass is 716 g/mol. The van der Waals surface area contributed by atoms with Crippen LogP contribution in [0.2, 0.25) is 0 Å². The quantitative estimate of drug-likeness (QED) is 0.111. The zero-order chi connectivity index (χ0) is 38.0. The number of aromatic nitrogens is 1. The van der Waals surface area contributed by atoms with Gasteiger partial charge in [-0.2, -0.15) is 5.26 Å². The van der Waals surface area contributed by atoms with Crippen molar-refractivity contribution >= 4 is 45.9 Å². The number of fused-ring (bicyclic) bond motifs is 1. The van der Waals surface area contributed by atoms with Gasteiger partial charge in [-0.1, -0.05) is 42.5 Å². The predicted molar refractivity (Wildman–Crippen MR) is 201 cm³/mol. The van der Waals surface area contributed by atoms with E-state index in [1.165, 1.54) is 18.2 Å². The molecule has 0 atom stereocenters. The van der Waals surface area contributed by atoms with Gasteiger partial charge < -0.3 is 34.9 Å². The lowest BCUT2D eigenvalue weighted by Crippen LogP contribution is -2.49. The van der Waals surface area contributed by atoms with Crippen LogP contribution in [0.4, 0.5) is 21.9 Å². The first kappa shape index (κ1) is 37.4. The Morgan fingerprint density at radius 3 is 2.28 bits per heavy atom. The van der Waals surface area contributed by atoms with Crippen molar-refractivity contribution < 1.29 is 33.3 Å². The smallest absolute Gasteiger partial charge is 0.414 e. The maximum atomic E-state index is 13.0. The van der Waals surface area contributed by atoms with Gasteiger partial charge in [0.2, 0.25) is 5.91 Å². The molecule has 0 unspecified atom stereocenters. The second kappa shape index (κ2) is 16.9. The van der Waals surface area contributed by atoms with E-state index < -0.39 is 17.6 Å². The summed E-state index contributed by atoms with van der Waals surface area (Å²) in [5.41, 5.74) is 1.95. The molecule has 3 amide bonds. The van der Waals surface area contributed by atoms with E-state index in [1.54, 1.807) is 88.5 Å². The largest absolute Gasteiger partial charge is 0.495 e. The maximum absolute atomic E-state index is 13.0. The molecule has 0 saturated heterocycles. The molecule has 0 aliphatic carbocycles. The molecule has 4 aromatic carbocycles. The molecule has 13 heteroatoms. The van der Waals surface area contributed by atoms with Crippen molar-refractivity contribution in [2.45, 2.75) is 33.0 Å². The van der Waals surface area contributed by atoms with Crippen LogP contribution < -0.4 is 35.1 Å². The van der Waals surface area contributed by atoms with E-state index in [9.17, 15) is 19.6 Å². The molecular weight excluding hydrogens is 676 g/mol. The number of methoxy groups -OCH3 is 1. The molecule has 272 valence electrons. The van der Waals surface area contributed by atoms with Gasteiger partial charge in [-0.25, -0.2) is 4.79 Å². The van der Waals surface area contributed by atoms with Crippen LogP contribution in [-0.4, -0.2) is 55.7 Å². The Bertz CT molecular complexity index is 2130. The van der Waals surface area contributed by atoms with Crippen LogP contribution in [0.3, 0.4) is 0 Å². The number of carbonyl (C=O) groups is 3. The maximum Gasteiger partial charge on any atom is 0.414 e. The van der Waals surface area contributed by atoms with E-state index in [0.717, 1.165) is 5.56 Å². The van der Waals surface area contributed by atoms with Crippen LogP contribution in [0.5, 0.6) is 23.0 Å². The Labute approximate surface area is 307 Å². The molecule has 0 bridgehead atoms. The number of likely N-dealkylation sites (N-methyl/N-ethyl adjacent to an activating group) is 1. The highest BCUT2D eigenvalue weighted by atomic mass is 16.6. The molecular formula is C40H40N6O7. The second-order valence-electron chi connectivity index (χ2n) is 12.2. The molecule has 53 heavy (non-hydrogen) atoms. The highest BCUT2D eigenvalue weighted by Crippen LogP contribution is 2.38. The number of nitrogens with one attached hydrogen (secondary N) is 3. The van der Waals surface area contributed by atoms with E-state index in [2.05, 4.69) is 27.0 Å². The first-order valence-corrected chi connectivity index (χ1v) is 16.8. The summed E-state index contributed by atoms with van der Waals surface area (Å²) in [5, 5.41) is 19.1. The van der Waals surface area contributed by atoms with Gasteiger partial charge in [0.1, 0.15) is 24.2 Å². The topological polar surface area (TPSA) is 164 Å². The number of hydrogen-bond acceptors (Lipinski definition) is 10. The number of carbonyl (C=O) groups excluding carboxylic acids is 3. The van der Waals surface area contributed by atoms with Crippen molar-refractivity contribution in [2.75, 3.05) is 37.5 Å². The van der Waals surface area contributed by atoms with Crippen molar-refractivity contribution in [3.63, 3.8) is 0 Å². The van der Waals surface area contributed by atoms with Crippen molar-refractivity contribution in [3.05, 3.63) is 108 Å². The number of nitrogens with zero attached hydrogens (tertiary/aromatic N) is 3. The van der Waals surface area contributed by atoms with E-state index in [-0.39, 0.29) is 19.1 Å². The summed E-state index contributed by atoms with van der Waals surface area (Å²) in [6.45, 7) is 5.41. The molecule has 1 heterocycles. The van der Waals surface area contributed by atoms with Crippen LogP contribution in [0.1, 0.15) is 31.9 Å². The van der Waals surface area contributed by atoms with Crippen molar-refractivity contribution in [2.24, 2.45) is 0 Å². The van der Waals surface area contributed by atoms with Crippen LogP contribution in [0.25, 0.3) is 10.9 Å². The van der Waals surface area contributed by atoms with E-state index in [4.69, 9.17) is 18.9 Å². The minimum Gasteiger partial charge on any atom is -0.495 e. The average molecular weight is 717 g/mol. The molecule has 0 saturated carbocycles. The Morgan fingerprint density at radius 2 is 1.60 bits per heavy atom. The van der Waals surface area contributed by atoms with Crippen LogP contribution in [-0.2, 0) is 20.9 Å². The van der Waals surface area contributed by atoms with Gasteiger partial charge in [0, 0.05) is 30.9 Å². The van der Waals surface area contributed by atoms with Gasteiger partial charge in [0.15, 0.2) is 17.1 Å². The molecule has 13 nitrogen and oxygen atoms in total. The Hall–Kier alpha value is -6.81. The van der Waals surface area contributed by atoms with Crippen molar-refractivity contribution in [1.29, 1.82) is 5.26 Å². The predicted octanol–water partition coefficient (Wildman–Crippen LogP) is 6.83. The molecule has 0 fully saturated rings. The molecule has 5 rings (SSSR count). The van der Waals surface area contributed by atoms with E-state index >= 15 is 0 Å². The molecule has 5 aromatic rings. The number of ether oxygens (including phenoxy) is 4. The minimum absolute atomic E-state index is 0.111. The summed E-state index contributed by atoms with van der Waals surface area (Å²) in [4.78, 5) is 43.4. The van der Waals surface area contributed by atoms with Gasteiger partial charge >= 0.3 is 6.09 Å². The van der Waals surface area contributed by atoms with Gasteiger partial charge in [-0.05, 0) is 74.9 Å². The van der Waals surface area contributed by atoms with Crippen LogP contribution in [0.15, 0.2) is 97.2 Å². The fraction of sp³-hybridized carbons (Fsp3) is 0.225. The lowest BCUT2D eigenvalue weighted by Gasteiger charge is -2.26. The lowest BCUT2D eigenvalue weighted by molar-refractivity contribution is -0.136. The number of pyridine rings is 1. The summed E-state index contributed by atoms with van der Waals surface area (Å²) in [7, 11) is 3.08.